The van der Waals surface area contributed by atoms with Crippen molar-refractivity contribution in [2.45, 2.75) is 33.6 Å². The van der Waals surface area contributed by atoms with E-state index in [4.69, 9.17) is 16.6 Å². The standard InChI is InChI=1S/C21H21ClN2OS/c1-4-18-20(15-8-6-14(3)7-9-15)23-21(26-18)24(19(25)5-2)17-12-10-16(22)11-13-17/h6-13H,4-5H2,1-3H3. The SMILES string of the molecule is CCC(=O)N(c1ccc(Cl)cc1)c1nc(-c2ccc(C)cc2)c(CC)s1. The van der Waals surface area contributed by atoms with Gasteiger partial charge in [-0.15, -0.1) is 11.3 Å². The maximum atomic E-state index is 12.6. The number of aryl methyl sites for hydroxylation is 2. The zero-order valence-electron chi connectivity index (χ0n) is 15.1. The minimum atomic E-state index is 0.0131. The molecule has 0 radical (unpaired) electrons. The lowest BCUT2D eigenvalue weighted by molar-refractivity contribution is -0.117. The fourth-order valence-corrected chi connectivity index (χ4v) is 3.91. The summed E-state index contributed by atoms with van der Waals surface area (Å²) in [6.45, 7) is 6.04. The molecule has 3 aromatic rings. The molecule has 0 aliphatic rings. The summed E-state index contributed by atoms with van der Waals surface area (Å²) in [6.07, 6.45) is 1.28. The lowest BCUT2D eigenvalue weighted by Crippen LogP contribution is -2.24. The van der Waals surface area contributed by atoms with Gasteiger partial charge in [-0.05, 0) is 37.6 Å². The lowest BCUT2D eigenvalue weighted by Gasteiger charge is -2.19. The second-order valence-corrected chi connectivity index (χ2v) is 7.55. The van der Waals surface area contributed by atoms with Gasteiger partial charge in [-0.3, -0.25) is 9.69 Å². The van der Waals surface area contributed by atoms with E-state index >= 15 is 0 Å². The highest BCUT2D eigenvalue weighted by Crippen LogP contribution is 2.37. The van der Waals surface area contributed by atoms with Gasteiger partial charge in [0.2, 0.25) is 5.91 Å². The van der Waals surface area contributed by atoms with Crippen LogP contribution in [0.1, 0.15) is 30.7 Å². The predicted molar refractivity (Wildman–Crippen MR) is 111 cm³/mol. The molecule has 5 heteroatoms. The summed E-state index contributed by atoms with van der Waals surface area (Å²) < 4.78 is 0. The van der Waals surface area contributed by atoms with Gasteiger partial charge in [0.25, 0.3) is 0 Å². The summed E-state index contributed by atoms with van der Waals surface area (Å²) >= 11 is 7.57. The highest BCUT2D eigenvalue weighted by atomic mass is 35.5. The topological polar surface area (TPSA) is 33.2 Å². The first-order valence-electron chi connectivity index (χ1n) is 8.68. The Morgan fingerprint density at radius 3 is 2.31 bits per heavy atom. The van der Waals surface area contributed by atoms with Crippen LogP contribution in [0.2, 0.25) is 5.02 Å². The number of hydrogen-bond donors (Lipinski definition) is 0. The smallest absolute Gasteiger partial charge is 0.233 e. The van der Waals surface area contributed by atoms with Crippen molar-refractivity contribution in [1.82, 2.24) is 4.98 Å². The third-order valence-electron chi connectivity index (χ3n) is 4.16. The van der Waals surface area contributed by atoms with Crippen molar-refractivity contribution in [1.29, 1.82) is 0 Å². The molecule has 0 saturated heterocycles. The molecule has 1 heterocycles. The van der Waals surface area contributed by atoms with Crippen LogP contribution in [0.25, 0.3) is 11.3 Å². The summed E-state index contributed by atoms with van der Waals surface area (Å²) in [5.74, 6) is 0.0131. The van der Waals surface area contributed by atoms with Gasteiger partial charge in [0.15, 0.2) is 5.13 Å². The quantitative estimate of drug-likeness (QED) is 0.509. The molecule has 0 N–H and O–H groups in total. The monoisotopic (exact) mass is 384 g/mol. The number of nitrogens with zero attached hydrogens (tertiary/aromatic N) is 2. The molecule has 1 aromatic heterocycles. The molecule has 1 amide bonds. The average Bonchev–Trinajstić information content (AvgIpc) is 3.07. The van der Waals surface area contributed by atoms with Crippen LogP contribution in [0.5, 0.6) is 0 Å². The third-order valence-corrected chi connectivity index (χ3v) is 5.60. The number of rotatable bonds is 5. The zero-order valence-corrected chi connectivity index (χ0v) is 16.7. The van der Waals surface area contributed by atoms with Crippen LogP contribution in [0, 0.1) is 6.92 Å². The van der Waals surface area contributed by atoms with Crippen molar-refractivity contribution in [2.75, 3.05) is 4.90 Å². The van der Waals surface area contributed by atoms with Gasteiger partial charge in [0.1, 0.15) is 0 Å². The number of amides is 1. The second-order valence-electron chi connectivity index (χ2n) is 6.05. The fourth-order valence-electron chi connectivity index (χ4n) is 2.72. The number of carbonyl (C=O) groups is 1. The van der Waals surface area contributed by atoms with Gasteiger partial charge < -0.3 is 0 Å². The zero-order chi connectivity index (χ0) is 18.7. The Bertz CT molecular complexity index is 901. The Morgan fingerprint density at radius 1 is 1.08 bits per heavy atom. The van der Waals surface area contributed by atoms with E-state index in [1.54, 1.807) is 28.4 Å². The minimum absolute atomic E-state index is 0.0131. The van der Waals surface area contributed by atoms with Gasteiger partial charge >= 0.3 is 0 Å². The van der Waals surface area contributed by atoms with E-state index in [9.17, 15) is 4.79 Å². The average molecular weight is 385 g/mol. The summed E-state index contributed by atoms with van der Waals surface area (Å²) in [5.41, 5.74) is 4.03. The van der Waals surface area contributed by atoms with Crippen molar-refractivity contribution in [2.24, 2.45) is 0 Å². The summed E-state index contributed by atoms with van der Waals surface area (Å²) in [4.78, 5) is 20.4. The Kier molecular flexibility index (Phi) is 5.74. The van der Waals surface area contributed by atoms with Crippen LogP contribution >= 0.6 is 22.9 Å². The third kappa shape index (κ3) is 3.81. The lowest BCUT2D eigenvalue weighted by atomic mass is 10.1. The van der Waals surface area contributed by atoms with Crippen LogP contribution in [0.15, 0.2) is 48.5 Å². The minimum Gasteiger partial charge on any atom is -0.274 e. The molecule has 0 spiro atoms. The van der Waals surface area contributed by atoms with E-state index in [-0.39, 0.29) is 5.91 Å². The molecule has 0 bridgehead atoms. The molecule has 0 unspecified atom stereocenters. The molecular formula is C21H21ClN2OS. The number of carbonyl (C=O) groups excluding carboxylic acids is 1. The molecule has 134 valence electrons. The molecular weight excluding hydrogens is 364 g/mol. The van der Waals surface area contributed by atoms with Crippen LogP contribution in [-0.4, -0.2) is 10.9 Å². The summed E-state index contributed by atoms with van der Waals surface area (Å²) in [7, 11) is 0. The van der Waals surface area contributed by atoms with Gasteiger partial charge in [0, 0.05) is 21.9 Å². The van der Waals surface area contributed by atoms with Crippen molar-refractivity contribution >= 4 is 39.7 Å². The van der Waals surface area contributed by atoms with E-state index in [2.05, 4.69) is 38.1 Å². The maximum Gasteiger partial charge on any atom is 0.233 e. The molecule has 0 atom stereocenters. The number of thiazole rings is 1. The Balaban J connectivity index is 2.08. The highest BCUT2D eigenvalue weighted by molar-refractivity contribution is 7.16. The van der Waals surface area contributed by atoms with Gasteiger partial charge in [-0.2, -0.15) is 0 Å². The Morgan fingerprint density at radius 2 is 1.73 bits per heavy atom. The van der Waals surface area contributed by atoms with Gasteiger partial charge in [-0.25, -0.2) is 4.98 Å². The molecule has 3 rings (SSSR count). The molecule has 26 heavy (non-hydrogen) atoms. The molecule has 0 aliphatic heterocycles. The normalized spacial score (nSPS) is 10.8. The van der Waals surface area contributed by atoms with E-state index in [1.807, 2.05) is 19.1 Å². The maximum absolute atomic E-state index is 12.6. The molecule has 3 nitrogen and oxygen atoms in total. The van der Waals surface area contributed by atoms with Crippen molar-refractivity contribution in [3.63, 3.8) is 0 Å². The first-order chi connectivity index (χ1) is 12.5. The van der Waals surface area contributed by atoms with E-state index in [1.165, 1.54) is 10.4 Å². The molecule has 0 aliphatic carbocycles. The summed E-state index contributed by atoms with van der Waals surface area (Å²) in [6, 6.07) is 15.6. The number of benzene rings is 2. The van der Waals surface area contributed by atoms with Crippen molar-refractivity contribution in [3.8, 4) is 11.3 Å². The number of anilines is 2. The predicted octanol–water partition coefficient (Wildman–Crippen LogP) is 6.41. The molecule has 0 fully saturated rings. The van der Waals surface area contributed by atoms with Crippen molar-refractivity contribution in [3.05, 3.63) is 64.0 Å². The van der Waals surface area contributed by atoms with Crippen LogP contribution in [0.3, 0.4) is 0 Å². The largest absolute Gasteiger partial charge is 0.274 e. The highest BCUT2D eigenvalue weighted by Gasteiger charge is 2.22. The Hall–Kier alpha value is -2.17. The van der Waals surface area contributed by atoms with E-state index in [0.29, 0.717) is 16.6 Å². The number of aromatic nitrogens is 1. The van der Waals surface area contributed by atoms with Crippen molar-refractivity contribution < 1.29 is 4.79 Å². The van der Waals surface area contributed by atoms with E-state index in [0.717, 1.165) is 23.4 Å². The van der Waals surface area contributed by atoms with Gasteiger partial charge in [-0.1, -0.05) is 55.3 Å². The first kappa shape index (κ1) is 18.6. The number of halogens is 1. The second kappa shape index (κ2) is 8.02. The summed E-state index contributed by atoms with van der Waals surface area (Å²) in [5, 5.41) is 1.35. The first-order valence-corrected chi connectivity index (χ1v) is 9.88. The van der Waals surface area contributed by atoms with E-state index < -0.39 is 0 Å². The van der Waals surface area contributed by atoms with Crippen LogP contribution in [0.4, 0.5) is 10.8 Å². The van der Waals surface area contributed by atoms with Gasteiger partial charge in [0.05, 0.1) is 11.4 Å². The molecule has 0 saturated carbocycles. The van der Waals surface area contributed by atoms with Crippen LogP contribution < -0.4 is 4.90 Å². The molecule has 2 aromatic carbocycles. The number of hydrogen-bond acceptors (Lipinski definition) is 3. The Labute approximate surface area is 163 Å². The van der Waals surface area contributed by atoms with Crippen LogP contribution in [-0.2, 0) is 11.2 Å². The fraction of sp³-hybridized carbons (Fsp3) is 0.238.